The highest BCUT2D eigenvalue weighted by Gasteiger charge is 2.14. The lowest BCUT2D eigenvalue weighted by Gasteiger charge is -2.15. The molecule has 0 aliphatic heterocycles. The number of carboxylic acid groups (broad SMARTS) is 1. The molecule has 3 N–H and O–H groups in total. The van der Waals surface area contributed by atoms with Gasteiger partial charge in [-0.15, -0.1) is 0 Å². The van der Waals surface area contributed by atoms with Gasteiger partial charge in [-0.05, 0) is 31.9 Å². The fourth-order valence-electron chi connectivity index (χ4n) is 1.89. The molecule has 0 bridgehead atoms. The maximum Gasteiger partial charge on any atom is 0.306 e. The molecule has 1 aromatic carbocycles. The molecule has 2 unspecified atom stereocenters. The maximum atomic E-state index is 11.9. The molecule has 2 atom stereocenters. The zero-order valence-electron chi connectivity index (χ0n) is 11.8. The van der Waals surface area contributed by atoms with Crippen molar-refractivity contribution in [2.45, 2.75) is 39.2 Å². The Morgan fingerprint density at radius 1 is 1.20 bits per heavy atom. The van der Waals surface area contributed by atoms with E-state index in [-0.39, 0.29) is 29.2 Å². The van der Waals surface area contributed by atoms with Crippen molar-refractivity contribution in [3.05, 3.63) is 29.8 Å². The molecule has 20 heavy (non-hydrogen) atoms. The monoisotopic (exact) mass is 279 g/mol. The number of hydrogen-bond acceptors (Lipinski definition) is 3. The van der Waals surface area contributed by atoms with Crippen molar-refractivity contribution in [3.63, 3.8) is 0 Å². The Labute approximate surface area is 118 Å². The molecular formula is C15H21NO4. The third kappa shape index (κ3) is 4.91. The predicted molar refractivity (Wildman–Crippen MR) is 75.7 cm³/mol. The van der Waals surface area contributed by atoms with Crippen molar-refractivity contribution in [2.75, 3.05) is 0 Å². The van der Waals surface area contributed by atoms with E-state index in [0.717, 1.165) is 6.42 Å². The van der Waals surface area contributed by atoms with Crippen molar-refractivity contribution >= 4 is 11.9 Å². The van der Waals surface area contributed by atoms with Crippen LogP contribution in [-0.2, 0) is 4.79 Å². The Morgan fingerprint density at radius 3 is 2.45 bits per heavy atom. The Bertz CT molecular complexity index is 473. The molecule has 0 fully saturated rings. The van der Waals surface area contributed by atoms with Gasteiger partial charge in [0.15, 0.2) is 0 Å². The number of hydrogen-bond donors (Lipinski definition) is 3. The van der Waals surface area contributed by atoms with Crippen LogP contribution in [0.3, 0.4) is 0 Å². The van der Waals surface area contributed by atoms with E-state index < -0.39 is 5.97 Å². The lowest BCUT2D eigenvalue weighted by Crippen LogP contribution is -2.32. The minimum absolute atomic E-state index is 0.0447. The number of para-hydroxylation sites is 1. The molecule has 5 nitrogen and oxygen atoms in total. The quantitative estimate of drug-likeness (QED) is 0.715. The van der Waals surface area contributed by atoms with Gasteiger partial charge in [0.1, 0.15) is 5.75 Å². The lowest BCUT2D eigenvalue weighted by atomic mass is 10.0. The van der Waals surface area contributed by atoms with Crippen LogP contribution in [0.1, 0.15) is 43.5 Å². The van der Waals surface area contributed by atoms with Gasteiger partial charge in [0.2, 0.25) is 0 Å². The highest BCUT2D eigenvalue weighted by Crippen LogP contribution is 2.16. The molecule has 0 spiro atoms. The summed E-state index contributed by atoms with van der Waals surface area (Å²) in [5.74, 6) is -1.52. The first kappa shape index (κ1) is 16.0. The molecule has 110 valence electrons. The van der Waals surface area contributed by atoms with Gasteiger partial charge in [-0.25, -0.2) is 0 Å². The summed E-state index contributed by atoms with van der Waals surface area (Å²) < 4.78 is 0. The van der Waals surface area contributed by atoms with E-state index in [2.05, 4.69) is 5.32 Å². The molecule has 0 aliphatic carbocycles. The van der Waals surface area contributed by atoms with Crippen LogP contribution >= 0.6 is 0 Å². The summed E-state index contributed by atoms with van der Waals surface area (Å²) >= 11 is 0. The minimum atomic E-state index is -0.795. The van der Waals surface area contributed by atoms with Crippen molar-refractivity contribution in [3.8, 4) is 5.75 Å². The largest absolute Gasteiger partial charge is 0.507 e. The fraction of sp³-hybridized carbons (Fsp3) is 0.467. The minimum Gasteiger partial charge on any atom is -0.507 e. The van der Waals surface area contributed by atoms with Gasteiger partial charge in [0.05, 0.1) is 11.5 Å². The van der Waals surface area contributed by atoms with Crippen LogP contribution in [0.2, 0.25) is 0 Å². The molecule has 5 heteroatoms. The average Bonchev–Trinajstić information content (AvgIpc) is 2.38. The van der Waals surface area contributed by atoms with Gasteiger partial charge in [-0.2, -0.15) is 0 Å². The average molecular weight is 279 g/mol. The Hall–Kier alpha value is -2.04. The lowest BCUT2D eigenvalue weighted by molar-refractivity contribution is -0.141. The molecule has 1 amide bonds. The maximum absolute atomic E-state index is 11.9. The summed E-state index contributed by atoms with van der Waals surface area (Å²) in [6.45, 7) is 3.54. The number of carbonyl (C=O) groups is 2. The molecule has 1 aromatic rings. The van der Waals surface area contributed by atoms with Gasteiger partial charge >= 0.3 is 5.97 Å². The number of phenolic OH excluding ortho intramolecular Hbond substituents is 1. The molecule has 0 aliphatic rings. The molecule has 1 rings (SSSR count). The number of phenols is 1. The third-order valence-corrected chi connectivity index (χ3v) is 3.22. The van der Waals surface area contributed by atoms with Crippen LogP contribution in [0, 0.1) is 5.92 Å². The molecule has 0 aromatic heterocycles. The molecular weight excluding hydrogens is 258 g/mol. The summed E-state index contributed by atoms with van der Waals surface area (Å²) in [6.07, 6.45) is 2.03. The summed E-state index contributed by atoms with van der Waals surface area (Å²) in [6, 6.07) is 6.30. The van der Waals surface area contributed by atoms with Crippen molar-refractivity contribution in [2.24, 2.45) is 5.92 Å². The SMILES string of the molecule is CC(CCCC(C)C(=O)O)NC(=O)c1ccccc1O. The second-order valence-electron chi connectivity index (χ2n) is 5.06. The van der Waals surface area contributed by atoms with E-state index in [1.165, 1.54) is 6.07 Å². The number of aliphatic carboxylic acids is 1. The van der Waals surface area contributed by atoms with Crippen LogP contribution < -0.4 is 5.32 Å². The summed E-state index contributed by atoms with van der Waals surface area (Å²) in [7, 11) is 0. The van der Waals surface area contributed by atoms with E-state index in [0.29, 0.717) is 12.8 Å². The molecule has 0 saturated carbocycles. The number of aromatic hydroxyl groups is 1. The van der Waals surface area contributed by atoms with Crippen LogP contribution in [0.25, 0.3) is 0 Å². The van der Waals surface area contributed by atoms with Gasteiger partial charge < -0.3 is 15.5 Å². The highest BCUT2D eigenvalue weighted by atomic mass is 16.4. The molecule has 0 saturated heterocycles. The number of nitrogens with one attached hydrogen (secondary N) is 1. The van der Waals surface area contributed by atoms with E-state index in [4.69, 9.17) is 5.11 Å². The fourth-order valence-corrected chi connectivity index (χ4v) is 1.89. The van der Waals surface area contributed by atoms with Gasteiger partial charge in [-0.1, -0.05) is 25.5 Å². The van der Waals surface area contributed by atoms with Crippen LogP contribution in [-0.4, -0.2) is 28.1 Å². The second kappa shape index (κ2) is 7.53. The highest BCUT2D eigenvalue weighted by molar-refractivity contribution is 5.96. The Morgan fingerprint density at radius 2 is 1.85 bits per heavy atom. The third-order valence-electron chi connectivity index (χ3n) is 3.22. The number of carbonyl (C=O) groups excluding carboxylic acids is 1. The van der Waals surface area contributed by atoms with E-state index in [1.807, 2.05) is 6.92 Å². The topological polar surface area (TPSA) is 86.6 Å². The second-order valence-corrected chi connectivity index (χ2v) is 5.06. The zero-order valence-corrected chi connectivity index (χ0v) is 11.8. The first-order valence-corrected chi connectivity index (χ1v) is 6.73. The van der Waals surface area contributed by atoms with Gasteiger partial charge in [-0.3, -0.25) is 9.59 Å². The normalized spacial score (nSPS) is 13.5. The van der Waals surface area contributed by atoms with Crippen LogP contribution in [0.4, 0.5) is 0 Å². The molecule has 0 radical (unpaired) electrons. The number of amides is 1. The Balaban J connectivity index is 2.39. The van der Waals surface area contributed by atoms with E-state index >= 15 is 0 Å². The predicted octanol–water partition coefficient (Wildman–Crippen LogP) is 2.40. The number of benzene rings is 1. The van der Waals surface area contributed by atoms with E-state index in [1.54, 1.807) is 25.1 Å². The molecule has 0 heterocycles. The summed E-state index contributed by atoms with van der Waals surface area (Å²) in [4.78, 5) is 22.6. The van der Waals surface area contributed by atoms with Crippen LogP contribution in [0.15, 0.2) is 24.3 Å². The van der Waals surface area contributed by atoms with Crippen molar-refractivity contribution in [1.82, 2.24) is 5.32 Å². The number of carboxylic acids is 1. The number of rotatable bonds is 7. The summed E-state index contributed by atoms with van der Waals surface area (Å²) in [5.41, 5.74) is 0.248. The van der Waals surface area contributed by atoms with Crippen LogP contribution in [0.5, 0.6) is 5.75 Å². The zero-order chi connectivity index (χ0) is 15.1. The van der Waals surface area contributed by atoms with Crippen molar-refractivity contribution < 1.29 is 19.8 Å². The first-order valence-electron chi connectivity index (χ1n) is 6.73. The van der Waals surface area contributed by atoms with Crippen molar-refractivity contribution in [1.29, 1.82) is 0 Å². The standard InChI is InChI=1S/C15H21NO4/c1-10(15(19)20)6-5-7-11(2)16-14(18)12-8-3-4-9-13(12)17/h3-4,8-11,17H,5-7H2,1-2H3,(H,16,18)(H,19,20). The Kier molecular flexibility index (Phi) is 6.03. The van der Waals surface area contributed by atoms with Gasteiger partial charge in [0.25, 0.3) is 5.91 Å². The smallest absolute Gasteiger partial charge is 0.306 e. The first-order chi connectivity index (χ1) is 9.41. The summed E-state index contributed by atoms with van der Waals surface area (Å²) in [5, 5.41) is 21.1. The van der Waals surface area contributed by atoms with E-state index in [9.17, 15) is 14.7 Å². The van der Waals surface area contributed by atoms with Gasteiger partial charge in [0, 0.05) is 6.04 Å².